The number of rotatable bonds is 7. The Morgan fingerprint density at radius 1 is 1.09 bits per heavy atom. The zero-order chi connectivity index (χ0) is 22.8. The third-order valence-corrected chi connectivity index (χ3v) is 6.45. The summed E-state index contributed by atoms with van der Waals surface area (Å²) in [5.74, 6) is 0.641. The van der Waals surface area contributed by atoms with Crippen LogP contribution in [0.3, 0.4) is 0 Å². The van der Waals surface area contributed by atoms with E-state index in [2.05, 4.69) is 45.4 Å². The van der Waals surface area contributed by atoms with Gasteiger partial charge in [-0.15, -0.1) is 0 Å². The number of morpholine rings is 1. The topological polar surface area (TPSA) is 79.4 Å². The Morgan fingerprint density at radius 3 is 2.67 bits per heavy atom. The molecule has 2 heterocycles. The van der Waals surface area contributed by atoms with Crippen molar-refractivity contribution in [3.8, 4) is 11.1 Å². The van der Waals surface area contributed by atoms with Crippen LogP contribution in [0.4, 0.5) is 5.95 Å². The smallest absolute Gasteiger partial charge is 0.251 e. The Hall–Kier alpha value is -3.03. The molecule has 1 saturated heterocycles. The van der Waals surface area contributed by atoms with E-state index < -0.39 is 0 Å². The van der Waals surface area contributed by atoms with E-state index in [0.29, 0.717) is 29.6 Å². The first-order valence-electron chi connectivity index (χ1n) is 11.8. The molecule has 5 rings (SSSR count). The Kier molecular flexibility index (Phi) is 6.24. The van der Waals surface area contributed by atoms with Gasteiger partial charge in [-0.25, -0.2) is 9.97 Å². The largest absolute Gasteiger partial charge is 0.378 e. The highest BCUT2D eigenvalue weighted by Crippen LogP contribution is 2.25. The summed E-state index contributed by atoms with van der Waals surface area (Å²) < 4.78 is 5.61. The van der Waals surface area contributed by atoms with Gasteiger partial charge in [-0.3, -0.25) is 9.69 Å². The molecule has 1 aliphatic heterocycles. The quantitative estimate of drug-likeness (QED) is 0.577. The van der Waals surface area contributed by atoms with Crippen LogP contribution >= 0.6 is 0 Å². The van der Waals surface area contributed by atoms with Crippen LogP contribution in [0.15, 0.2) is 48.7 Å². The van der Waals surface area contributed by atoms with Crippen molar-refractivity contribution in [3.05, 3.63) is 54.2 Å². The highest BCUT2D eigenvalue weighted by molar-refractivity contribution is 5.96. The first kappa shape index (κ1) is 21.8. The van der Waals surface area contributed by atoms with Crippen molar-refractivity contribution < 1.29 is 9.53 Å². The van der Waals surface area contributed by atoms with Crippen molar-refractivity contribution in [1.29, 1.82) is 0 Å². The summed E-state index contributed by atoms with van der Waals surface area (Å²) in [5, 5.41) is 7.39. The summed E-state index contributed by atoms with van der Waals surface area (Å²) in [6, 6.07) is 15.1. The summed E-state index contributed by atoms with van der Waals surface area (Å²) >= 11 is 0. The van der Waals surface area contributed by atoms with Crippen molar-refractivity contribution in [2.45, 2.75) is 44.8 Å². The summed E-state index contributed by atoms with van der Waals surface area (Å²) in [6.45, 7) is 7.69. The minimum atomic E-state index is 0.0000513. The molecule has 3 aromatic rings. The second kappa shape index (κ2) is 9.45. The van der Waals surface area contributed by atoms with Crippen molar-refractivity contribution >= 4 is 22.8 Å². The fourth-order valence-corrected chi connectivity index (χ4v) is 4.41. The normalized spacial score (nSPS) is 21.2. The molecular formula is C26H31N5O2. The second-order valence-corrected chi connectivity index (χ2v) is 9.20. The number of hydrogen-bond donors (Lipinski definition) is 2. The highest BCUT2D eigenvalue weighted by atomic mass is 16.5. The van der Waals surface area contributed by atoms with Crippen LogP contribution in [0.1, 0.15) is 37.0 Å². The van der Waals surface area contributed by atoms with Crippen LogP contribution < -0.4 is 10.6 Å². The number of carbonyl (C=O) groups is 1. The van der Waals surface area contributed by atoms with Crippen LogP contribution in [0.2, 0.25) is 0 Å². The monoisotopic (exact) mass is 445 g/mol. The Labute approximate surface area is 194 Å². The average Bonchev–Trinajstić information content (AvgIpc) is 3.64. The molecule has 2 aliphatic rings. The lowest BCUT2D eigenvalue weighted by molar-refractivity contribution is -0.0344. The first-order valence-corrected chi connectivity index (χ1v) is 11.8. The molecule has 2 atom stereocenters. The minimum absolute atomic E-state index is 0.0000513. The molecule has 1 aliphatic carbocycles. The lowest BCUT2D eigenvalue weighted by Crippen LogP contribution is -2.51. The molecule has 172 valence electrons. The van der Waals surface area contributed by atoms with Gasteiger partial charge in [0.1, 0.15) is 0 Å². The summed E-state index contributed by atoms with van der Waals surface area (Å²) in [5.41, 5.74) is 3.64. The Bertz CT molecular complexity index is 1140. The molecule has 1 aromatic heterocycles. The molecule has 2 aromatic carbocycles. The SMILES string of the molecule is CC1COCC(C)N1CCNc1ncc2cc(-c3cccc(C(=O)NC4CC4)c3)ccc2n1. The van der Waals surface area contributed by atoms with Gasteiger partial charge < -0.3 is 15.4 Å². The predicted octanol–water partition coefficient (Wildman–Crippen LogP) is 3.71. The molecule has 2 fully saturated rings. The van der Waals surface area contributed by atoms with Gasteiger partial charge in [0.2, 0.25) is 5.95 Å². The average molecular weight is 446 g/mol. The van der Waals surface area contributed by atoms with Crippen molar-refractivity contribution in [3.63, 3.8) is 0 Å². The van der Waals surface area contributed by atoms with Gasteiger partial charge in [0.05, 0.1) is 18.7 Å². The fraction of sp³-hybridized carbons (Fsp3) is 0.423. The molecule has 7 nitrogen and oxygen atoms in total. The number of amides is 1. The van der Waals surface area contributed by atoms with E-state index in [1.807, 2.05) is 42.6 Å². The van der Waals surface area contributed by atoms with E-state index in [-0.39, 0.29) is 5.91 Å². The van der Waals surface area contributed by atoms with E-state index in [0.717, 1.165) is 61.2 Å². The third-order valence-electron chi connectivity index (χ3n) is 6.45. The molecule has 0 bridgehead atoms. The van der Waals surface area contributed by atoms with Crippen LogP contribution in [0, 0.1) is 0 Å². The molecular weight excluding hydrogens is 414 g/mol. The van der Waals surface area contributed by atoms with Gasteiger partial charge in [-0.1, -0.05) is 18.2 Å². The number of hydrogen-bond acceptors (Lipinski definition) is 6. The lowest BCUT2D eigenvalue weighted by Gasteiger charge is -2.38. The summed E-state index contributed by atoms with van der Waals surface area (Å²) in [7, 11) is 0. The van der Waals surface area contributed by atoms with Crippen molar-refractivity contribution in [2.24, 2.45) is 0 Å². The number of fused-ring (bicyclic) bond motifs is 1. The number of ether oxygens (including phenoxy) is 1. The Morgan fingerprint density at radius 2 is 1.88 bits per heavy atom. The molecule has 1 amide bonds. The van der Waals surface area contributed by atoms with E-state index in [1.165, 1.54) is 0 Å². The fourth-order valence-electron chi connectivity index (χ4n) is 4.41. The standard InChI is InChI=1S/C26H31N5O2/c1-17-15-33-16-18(2)31(17)11-10-27-26-28-14-22-13-20(6-9-24(22)30-26)19-4-3-5-21(12-19)25(32)29-23-7-8-23/h3-6,9,12-14,17-18,23H,7-8,10-11,15-16H2,1-2H3,(H,29,32)(H,27,28,30). The van der Waals surface area contributed by atoms with E-state index >= 15 is 0 Å². The number of nitrogens with one attached hydrogen (secondary N) is 2. The lowest BCUT2D eigenvalue weighted by atomic mass is 10.0. The number of carbonyl (C=O) groups excluding carboxylic acids is 1. The molecule has 7 heteroatoms. The van der Waals surface area contributed by atoms with Crippen molar-refractivity contribution in [2.75, 3.05) is 31.6 Å². The van der Waals surface area contributed by atoms with Crippen LogP contribution in [0.5, 0.6) is 0 Å². The van der Waals surface area contributed by atoms with Gasteiger partial charge in [-0.2, -0.15) is 0 Å². The maximum Gasteiger partial charge on any atom is 0.251 e. The second-order valence-electron chi connectivity index (χ2n) is 9.20. The number of benzene rings is 2. The number of nitrogens with zero attached hydrogens (tertiary/aromatic N) is 3. The zero-order valence-electron chi connectivity index (χ0n) is 19.3. The molecule has 0 radical (unpaired) electrons. The summed E-state index contributed by atoms with van der Waals surface area (Å²) in [4.78, 5) is 24.1. The van der Waals surface area contributed by atoms with Crippen LogP contribution in [0.25, 0.3) is 22.0 Å². The highest BCUT2D eigenvalue weighted by Gasteiger charge is 2.25. The van der Waals surface area contributed by atoms with Crippen LogP contribution in [-0.2, 0) is 4.74 Å². The Balaban J connectivity index is 1.26. The van der Waals surface area contributed by atoms with Gasteiger partial charge >= 0.3 is 0 Å². The van der Waals surface area contributed by atoms with Gasteiger partial charge in [0.25, 0.3) is 5.91 Å². The first-order chi connectivity index (χ1) is 16.1. The van der Waals surface area contributed by atoms with E-state index in [1.54, 1.807) is 0 Å². The third kappa shape index (κ3) is 5.15. The van der Waals surface area contributed by atoms with Crippen molar-refractivity contribution in [1.82, 2.24) is 20.2 Å². The molecule has 1 saturated carbocycles. The van der Waals surface area contributed by atoms with E-state index in [4.69, 9.17) is 4.74 Å². The molecule has 2 unspecified atom stereocenters. The van der Waals surface area contributed by atoms with Crippen LogP contribution in [-0.4, -0.2) is 65.2 Å². The maximum atomic E-state index is 12.4. The zero-order valence-corrected chi connectivity index (χ0v) is 19.3. The van der Waals surface area contributed by atoms with Gasteiger partial charge in [-0.05, 0) is 62.1 Å². The molecule has 33 heavy (non-hydrogen) atoms. The maximum absolute atomic E-state index is 12.4. The molecule has 2 N–H and O–H groups in total. The number of aromatic nitrogens is 2. The number of anilines is 1. The van der Waals surface area contributed by atoms with E-state index in [9.17, 15) is 4.79 Å². The van der Waals surface area contributed by atoms with Gasteiger partial charge in [0.15, 0.2) is 0 Å². The summed E-state index contributed by atoms with van der Waals surface area (Å²) in [6.07, 6.45) is 4.02. The minimum Gasteiger partial charge on any atom is -0.378 e. The predicted molar refractivity (Wildman–Crippen MR) is 130 cm³/mol. The van der Waals surface area contributed by atoms with Gasteiger partial charge in [0, 0.05) is 48.4 Å². The molecule has 0 spiro atoms.